The summed E-state index contributed by atoms with van der Waals surface area (Å²) in [5.74, 6) is -1.72. The molecule has 0 radical (unpaired) electrons. The first kappa shape index (κ1) is 21.8. The fourth-order valence-electron chi connectivity index (χ4n) is 3.09. The number of aryl methyl sites for hydroxylation is 1. The Morgan fingerprint density at radius 2 is 1.61 bits per heavy atom. The van der Waals surface area contributed by atoms with Crippen molar-refractivity contribution in [3.63, 3.8) is 0 Å². The van der Waals surface area contributed by atoms with Gasteiger partial charge in [0.15, 0.2) is 0 Å². The van der Waals surface area contributed by atoms with E-state index in [1.54, 1.807) is 6.07 Å². The van der Waals surface area contributed by atoms with E-state index in [1.807, 2.05) is 54.6 Å². The van der Waals surface area contributed by atoms with Crippen molar-refractivity contribution in [3.05, 3.63) is 66.4 Å². The molecule has 0 aliphatic heterocycles. The molecule has 8 nitrogen and oxygen atoms in total. The minimum atomic E-state index is -1.06. The lowest BCUT2D eigenvalue weighted by molar-refractivity contribution is -0.137. The predicted molar refractivity (Wildman–Crippen MR) is 114 cm³/mol. The lowest BCUT2D eigenvalue weighted by atomic mass is 10.0. The molecule has 0 saturated heterocycles. The summed E-state index contributed by atoms with van der Waals surface area (Å²) in [6.07, 6.45) is 0.0219. The number of carboxylic acid groups (broad SMARTS) is 1. The fourth-order valence-corrected chi connectivity index (χ4v) is 3.09. The molecule has 3 aromatic rings. The Morgan fingerprint density at radius 3 is 2.26 bits per heavy atom. The quantitative estimate of drug-likeness (QED) is 0.461. The Morgan fingerprint density at radius 1 is 0.968 bits per heavy atom. The molecule has 0 saturated carbocycles. The van der Waals surface area contributed by atoms with Gasteiger partial charge in [0.1, 0.15) is 17.5 Å². The van der Waals surface area contributed by atoms with E-state index < -0.39 is 23.8 Å². The Bertz CT molecular complexity index is 1040. The van der Waals surface area contributed by atoms with E-state index in [2.05, 4.69) is 10.5 Å². The summed E-state index contributed by atoms with van der Waals surface area (Å²) < 4.78 is 5.32. The van der Waals surface area contributed by atoms with E-state index in [-0.39, 0.29) is 25.7 Å². The fraction of sp³-hybridized carbons (Fsp3) is 0.217. The maximum Gasteiger partial charge on any atom is 0.303 e. The van der Waals surface area contributed by atoms with Gasteiger partial charge in [-0.15, -0.1) is 0 Å². The van der Waals surface area contributed by atoms with Crippen LogP contribution in [0.2, 0.25) is 0 Å². The highest BCUT2D eigenvalue weighted by atomic mass is 16.5. The number of carbonyl (C=O) groups excluding carboxylic acids is 2. The second-order valence-corrected chi connectivity index (χ2v) is 7.08. The highest BCUT2D eigenvalue weighted by Crippen LogP contribution is 2.24. The van der Waals surface area contributed by atoms with Crippen molar-refractivity contribution < 1.29 is 24.0 Å². The Kier molecular flexibility index (Phi) is 7.16. The number of rotatable bonds is 10. The largest absolute Gasteiger partial charge is 0.481 e. The Labute approximate surface area is 179 Å². The number of carboxylic acids is 1. The molecule has 1 aromatic heterocycles. The number of aliphatic carboxylic acids is 1. The van der Waals surface area contributed by atoms with Gasteiger partial charge in [0.25, 0.3) is 0 Å². The van der Waals surface area contributed by atoms with Gasteiger partial charge < -0.3 is 20.7 Å². The van der Waals surface area contributed by atoms with Gasteiger partial charge in [-0.25, -0.2) is 0 Å². The molecular formula is C23H23N3O5. The molecule has 0 fully saturated rings. The van der Waals surface area contributed by atoms with Crippen LogP contribution in [0.25, 0.3) is 22.4 Å². The molecule has 0 spiro atoms. The number of aromatic nitrogens is 1. The number of nitrogens with two attached hydrogens (primary N) is 1. The zero-order valence-electron chi connectivity index (χ0n) is 16.8. The number of nitrogens with zero attached hydrogens (tertiary/aromatic N) is 1. The molecule has 2 aromatic carbocycles. The van der Waals surface area contributed by atoms with E-state index in [9.17, 15) is 14.4 Å². The third-order valence-electron chi connectivity index (χ3n) is 4.77. The van der Waals surface area contributed by atoms with Crippen molar-refractivity contribution in [3.8, 4) is 22.4 Å². The molecule has 0 bridgehead atoms. The van der Waals surface area contributed by atoms with Gasteiger partial charge in [0.2, 0.25) is 11.8 Å². The first-order valence-corrected chi connectivity index (χ1v) is 9.84. The minimum Gasteiger partial charge on any atom is -0.481 e. The third kappa shape index (κ3) is 6.27. The van der Waals surface area contributed by atoms with E-state index in [4.69, 9.17) is 15.4 Å². The number of carbonyl (C=O) groups is 3. The van der Waals surface area contributed by atoms with E-state index in [1.165, 1.54) is 0 Å². The summed E-state index contributed by atoms with van der Waals surface area (Å²) in [4.78, 5) is 34.1. The van der Waals surface area contributed by atoms with Crippen molar-refractivity contribution in [1.82, 2.24) is 10.5 Å². The van der Waals surface area contributed by atoms with Gasteiger partial charge in [-0.2, -0.15) is 0 Å². The van der Waals surface area contributed by atoms with Gasteiger partial charge in [-0.1, -0.05) is 59.8 Å². The van der Waals surface area contributed by atoms with Crippen LogP contribution in [-0.4, -0.2) is 34.1 Å². The van der Waals surface area contributed by atoms with Crippen LogP contribution in [0.1, 0.15) is 25.0 Å². The number of amides is 2. The first-order chi connectivity index (χ1) is 14.9. The second kappa shape index (κ2) is 10.2. The highest BCUT2D eigenvalue weighted by molar-refractivity contribution is 5.87. The summed E-state index contributed by atoms with van der Waals surface area (Å²) in [6, 6.07) is 18.7. The molecule has 2 amide bonds. The normalized spacial score (nSPS) is 11.6. The van der Waals surface area contributed by atoms with Crippen molar-refractivity contribution in [2.45, 2.75) is 31.7 Å². The summed E-state index contributed by atoms with van der Waals surface area (Å²) in [5, 5.41) is 15.2. The smallest absolute Gasteiger partial charge is 0.303 e. The molecule has 0 aliphatic carbocycles. The van der Waals surface area contributed by atoms with Crippen LogP contribution >= 0.6 is 0 Å². The number of hydrogen-bond donors (Lipinski definition) is 3. The van der Waals surface area contributed by atoms with Crippen molar-refractivity contribution >= 4 is 17.8 Å². The van der Waals surface area contributed by atoms with Crippen LogP contribution in [0, 0.1) is 0 Å². The van der Waals surface area contributed by atoms with Gasteiger partial charge >= 0.3 is 5.97 Å². The van der Waals surface area contributed by atoms with E-state index >= 15 is 0 Å². The molecule has 160 valence electrons. The van der Waals surface area contributed by atoms with Crippen LogP contribution < -0.4 is 11.1 Å². The maximum atomic E-state index is 12.1. The standard InChI is InChI=1S/C23H23N3O5/c24-23(30)19(11-13-22(28)29)25-21(27)12-10-18-14-20(26-31-18)17-8-6-16(7-9-17)15-4-2-1-3-5-15/h1-9,14,19H,10-13H2,(H2,24,30)(H,25,27)(H,28,29)/t19-/m0/s1. The molecule has 0 unspecified atom stereocenters. The molecule has 31 heavy (non-hydrogen) atoms. The first-order valence-electron chi connectivity index (χ1n) is 9.84. The molecule has 8 heteroatoms. The van der Waals surface area contributed by atoms with Crippen LogP contribution in [0.5, 0.6) is 0 Å². The number of primary amides is 1. The molecule has 1 heterocycles. The third-order valence-corrected chi connectivity index (χ3v) is 4.77. The number of nitrogens with one attached hydrogen (secondary N) is 1. The maximum absolute atomic E-state index is 12.1. The van der Waals surface area contributed by atoms with Gasteiger partial charge in [0.05, 0.1) is 0 Å². The van der Waals surface area contributed by atoms with Gasteiger partial charge in [-0.05, 0) is 17.5 Å². The summed E-state index contributed by atoms with van der Waals surface area (Å²) >= 11 is 0. The second-order valence-electron chi connectivity index (χ2n) is 7.08. The zero-order chi connectivity index (χ0) is 22.2. The van der Waals surface area contributed by atoms with Crippen LogP contribution in [0.3, 0.4) is 0 Å². The number of hydrogen-bond acceptors (Lipinski definition) is 5. The molecule has 4 N–H and O–H groups in total. The van der Waals surface area contributed by atoms with E-state index in [0.29, 0.717) is 11.5 Å². The molecular weight excluding hydrogens is 398 g/mol. The SMILES string of the molecule is NC(=O)[C@H](CCC(=O)O)NC(=O)CCc1cc(-c2ccc(-c3ccccc3)cc2)no1. The average Bonchev–Trinajstić information content (AvgIpc) is 3.25. The van der Waals surface area contributed by atoms with E-state index in [0.717, 1.165) is 16.7 Å². The molecule has 3 rings (SSSR count). The lowest BCUT2D eigenvalue weighted by Crippen LogP contribution is -2.44. The van der Waals surface area contributed by atoms with Crippen LogP contribution in [-0.2, 0) is 20.8 Å². The summed E-state index contributed by atoms with van der Waals surface area (Å²) in [7, 11) is 0. The zero-order valence-corrected chi connectivity index (χ0v) is 16.8. The Hall–Kier alpha value is -3.94. The van der Waals surface area contributed by atoms with Gasteiger partial charge in [-0.3, -0.25) is 14.4 Å². The Balaban J connectivity index is 1.55. The lowest BCUT2D eigenvalue weighted by Gasteiger charge is -2.14. The molecule has 1 atom stereocenters. The molecule has 0 aliphatic rings. The minimum absolute atomic E-state index is 0.0537. The van der Waals surface area contributed by atoms with Gasteiger partial charge in [0, 0.05) is 30.9 Å². The highest BCUT2D eigenvalue weighted by Gasteiger charge is 2.19. The van der Waals surface area contributed by atoms with Crippen molar-refractivity contribution in [1.29, 1.82) is 0 Å². The average molecular weight is 421 g/mol. The summed E-state index contributed by atoms with van der Waals surface area (Å²) in [5.41, 5.74) is 8.99. The van der Waals surface area contributed by atoms with Crippen LogP contribution in [0.4, 0.5) is 0 Å². The van der Waals surface area contributed by atoms with Crippen molar-refractivity contribution in [2.24, 2.45) is 5.73 Å². The number of benzene rings is 2. The summed E-state index contributed by atoms with van der Waals surface area (Å²) in [6.45, 7) is 0. The topological polar surface area (TPSA) is 136 Å². The van der Waals surface area contributed by atoms with Crippen molar-refractivity contribution in [2.75, 3.05) is 0 Å². The van der Waals surface area contributed by atoms with Crippen LogP contribution in [0.15, 0.2) is 65.2 Å². The predicted octanol–water partition coefficient (Wildman–Crippen LogP) is 2.78. The monoisotopic (exact) mass is 421 g/mol.